The molecular weight excluding hydrogens is 380 g/mol. The molecule has 0 fully saturated rings. The first kappa shape index (κ1) is 18.4. The van der Waals surface area contributed by atoms with Gasteiger partial charge in [-0.15, -0.1) is 24.0 Å². The van der Waals surface area contributed by atoms with Crippen LogP contribution in [0.4, 0.5) is 4.39 Å². The highest BCUT2D eigenvalue weighted by atomic mass is 127. The SMILES string of the molecule is CC(C)(C)NC(N)=NCCc1ccc(F)cc1Cl.I. The molecule has 1 aromatic carbocycles. The maximum Gasteiger partial charge on any atom is 0.188 e. The van der Waals surface area contributed by atoms with Gasteiger partial charge in [-0.25, -0.2) is 4.39 Å². The average Bonchev–Trinajstić information content (AvgIpc) is 2.18. The van der Waals surface area contributed by atoms with Gasteiger partial charge >= 0.3 is 0 Å². The Hall–Kier alpha value is -0.560. The van der Waals surface area contributed by atoms with Gasteiger partial charge in [0.25, 0.3) is 0 Å². The highest BCUT2D eigenvalue weighted by Gasteiger charge is 2.09. The molecular formula is C13H20ClFIN3. The number of halogens is 3. The zero-order valence-corrected chi connectivity index (χ0v) is 14.4. The first-order valence-corrected chi connectivity index (χ1v) is 6.18. The molecule has 3 nitrogen and oxygen atoms in total. The minimum Gasteiger partial charge on any atom is -0.370 e. The number of rotatable bonds is 3. The van der Waals surface area contributed by atoms with Crippen molar-refractivity contribution in [3.05, 3.63) is 34.6 Å². The Kier molecular flexibility index (Phi) is 7.66. The van der Waals surface area contributed by atoms with E-state index in [2.05, 4.69) is 10.3 Å². The van der Waals surface area contributed by atoms with Crippen LogP contribution < -0.4 is 11.1 Å². The van der Waals surface area contributed by atoms with Crippen LogP contribution in [-0.2, 0) is 6.42 Å². The molecule has 0 saturated heterocycles. The molecule has 0 heterocycles. The van der Waals surface area contributed by atoms with Crippen LogP contribution >= 0.6 is 35.6 Å². The number of nitrogens with zero attached hydrogens (tertiary/aromatic N) is 1. The van der Waals surface area contributed by atoms with Crippen molar-refractivity contribution in [1.29, 1.82) is 0 Å². The van der Waals surface area contributed by atoms with Crippen LogP contribution in [0.2, 0.25) is 5.02 Å². The Morgan fingerprint density at radius 1 is 1.42 bits per heavy atom. The lowest BCUT2D eigenvalue weighted by Gasteiger charge is -2.20. The van der Waals surface area contributed by atoms with Crippen LogP contribution in [0.5, 0.6) is 0 Å². The summed E-state index contributed by atoms with van der Waals surface area (Å²) in [5.41, 5.74) is 6.49. The minimum absolute atomic E-state index is 0. The van der Waals surface area contributed by atoms with Gasteiger partial charge in [0.1, 0.15) is 5.82 Å². The molecule has 0 atom stereocenters. The second kappa shape index (κ2) is 7.89. The van der Waals surface area contributed by atoms with Crippen molar-refractivity contribution in [2.24, 2.45) is 10.7 Å². The number of hydrogen-bond donors (Lipinski definition) is 2. The van der Waals surface area contributed by atoms with Crippen LogP contribution in [0.25, 0.3) is 0 Å². The number of benzene rings is 1. The van der Waals surface area contributed by atoms with E-state index in [-0.39, 0.29) is 35.3 Å². The highest BCUT2D eigenvalue weighted by Crippen LogP contribution is 2.17. The van der Waals surface area contributed by atoms with Gasteiger partial charge in [0.05, 0.1) is 0 Å². The lowest BCUT2D eigenvalue weighted by atomic mass is 10.1. The minimum atomic E-state index is -0.332. The molecule has 3 N–H and O–H groups in total. The molecule has 0 aliphatic carbocycles. The summed E-state index contributed by atoms with van der Waals surface area (Å²) in [6.07, 6.45) is 0.631. The largest absolute Gasteiger partial charge is 0.370 e. The molecule has 1 rings (SSSR count). The summed E-state index contributed by atoms with van der Waals surface area (Å²) in [6.45, 7) is 6.53. The maximum absolute atomic E-state index is 12.8. The monoisotopic (exact) mass is 399 g/mol. The number of guanidine groups is 1. The number of hydrogen-bond acceptors (Lipinski definition) is 1. The second-order valence-electron chi connectivity index (χ2n) is 5.13. The molecule has 6 heteroatoms. The third-order valence-electron chi connectivity index (χ3n) is 2.18. The van der Waals surface area contributed by atoms with E-state index in [0.29, 0.717) is 23.9 Å². The molecule has 0 radical (unpaired) electrons. The van der Waals surface area contributed by atoms with Gasteiger partial charge in [0.2, 0.25) is 0 Å². The highest BCUT2D eigenvalue weighted by molar-refractivity contribution is 14.0. The molecule has 0 aromatic heterocycles. The van der Waals surface area contributed by atoms with Crippen molar-refractivity contribution >= 4 is 41.5 Å². The molecule has 0 spiro atoms. The Morgan fingerprint density at radius 3 is 2.58 bits per heavy atom. The lowest BCUT2D eigenvalue weighted by Crippen LogP contribution is -2.45. The van der Waals surface area contributed by atoms with Crippen LogP contribution in [-0.4, -0.2) is 18.0 Å². The van der Waals surface area contributed by atoms with Crippen molar-refractivity contribution in [3.8, 4) is 0 Å². The molecule has 1 aromatic rings. The Morgan fingerprint density at radius 2 is 2.05 bits per heavy atom. The standard InChI is InChI=1S/C13H19ClFN3.HI/c1-13(2,3)18-12(16)17-7-6-9-4-5-10(15)8-11(9)14;/h4-5,8H,6-7H2,1-3H3,(H3,16,17,18);1H. The summed E-state index contributed by atoms with van der Waals surface area (Å²) >= 11 is 5.92. The molecule has 0 bridgehead atoms. The van der Waals surface area contributed by atoms with E-state index in [1.54, 1.807) is 6.07 Å². The predicted molar refractivity (Wildman–Crippen MR) is 89.9 cm³/mol. The summed E-state index contributed by atoms with van der Waals surface area (Å²) in [6, 6.07) is 4.36. The van der Waals surface area contributed by atoms with Gasteiger partial charge in [-0.2, -0.15) is 0 Å². The quantitative estimate of drug-likeness (QED) is 0.465. The molecule has 0 aliphatic rings. The number of nitrogens with two attached hydrogens (primary N) is 1. The van der Waals surface area contributed by atoms with Crippen LogP contribution in [0.3, 0.4) is 0 Å². The van der Waals surface area contributed by atoms with E-state index in [1.807, 2.05) is 20.8 Å². The second-order valence-corrected chi connectivity index (χ2v) is 5.53. The first-order chi connectivity index (χ1) is 8.28. The summed E-state index contributed by atoms with van der Waals surface area (Å²) < 4.78 is 12.8. The van der Waals surface area contributed by atoms with E-state index in [9.17, 15) is 4.39 Å². The molecule has 19 heavy (non-hydrogen) atoms. The molecule has 0 saturated carbocycles. The maximum atomic E-state index is 12.8. The summed E-state index contributed by atoms with van der Waals surface area (Å²) in [4.78, 5) is 4.20. The Bertz CT molecular complexity index is 444. The van der Waals surface area contributed by atoms with E-state index in [1.165, 1.54) is 12.1 Å². The van der Waals surface area contributed by atoms with Crippen molar-refractivity contribution in [2.45, 2.75) is 32.7 Å². The lowest BCUT2D eigenvalue weighted by molar-refractivity contribution is 0.508. The summed E-state index contributed by atoms with van der Waals surface area (Å²) in [5, 5.41) is 3.49. The third-order valence-corrected chi connectivity index (χ3v) is 2.53. The smallest absolute Gasteiger partial charge is 0.188 e. The van der Waals surface area contributed by atoms with Crippen molar-refractivity contribution < 1.29 is 4.39 Å². The number of nitrogens with one attached hydrogen (secondary N) is 1. The summed E-state index contributed by atoms with van der Waals surface area (Å²) in [7, 11) is 0. The molecule has 0 aliphatic heterocycles. The third kappa shape index (κ3) is 7.57. The number of aliphatic imine (C=N–C) groups is 1. The van der Waals surface area contributed by atoms with Crippen LogP contribution in [0.1, 0.15) is 26.3 Å². The van der Waals surface area contributed by atoms with Crippen molar-refractivity contribution in [3.63, 3.8) is 0 Å². The van der Waals surface area contributed by atoms with Crippen LogP contribution in [0, 0.1) is 5.82 Å². The van der Waals surface area contributed by atoms with E-state index in [4.69, 9.17) is 17.3 Å². The zero-order chi connectivity index (χ0) is 13.8. The fraction of sp³-hybridized carbons (Fsp3) is 0.462. The molecule has 108 valence electrons. The van der Waals surface area contributed by atoms with Gasteiger partial charge in [0, 0.05) is 17.1 Å². The van der Waals surface area contributed by atoms with E-state index < -0.39 is 0 Å². The average molecular weight is 400 g/mol. The fourth-order valence-corrected chi connectivity index (χ4v) is 1.71. The van der Waals surface area contributed by atoms with Crippen LogP contribution in [0.15, 0.2) is 23.2 Å². The molecule has 0 amide bonds. The Balaban J connectivity index is 0.00000324. The normalized spacial score (nSPS) is 11.9. The summed E-state index contributed by atoms with van der Waals surface area (Å²) in [5.74, 6) is 0.0712. The van der Waals surface area contributed by atoms with E-state index in [0.717, 1.165) is 5.56 Å². The first-order valence-electron chi connectivity index (χ1n) is 5.80. The topological polar surface area (TPSA) is 50.4 Å². The van der Waals surface area contributed by atoms with Gasteiger partial charge in [-0.3, -0.25) is 4.99 Å². The van der Waals surface area contributed by atoms with Gasteiger partial charge < -0.3 is 11.1 Å². The van der Waals surface area contributed by atoms with E-state index >= 15 is 0 Å². The fourth-order valence-electron chi connectivity index (χ4n) is 1.44. The molecule has 0 unspecified atom stereocenters. The predicted octanol–water partition coefficient (Wildman–Crippen LogP) is 3.34. The Labute approximate surface area is 135 Å². The van der Waals surface area contributed by atoms with Crippen molar-refractivity contribution in [1.82, 2.24) is 5.32 Å². The van der Waals surface area contributed by atoms with Gasteiger partial charge in [-0.1, -0.05) is 17.7 Å². The zero-order valence-electron chi connectivity index (χ0n) is 11.3. The van der Waals surface area contributed by atoms with Crippen molar-refractivity contribution in [2.75, 3.05) is 6.54 Å². The van der Waals surface area contributed by atoms with Gasteiger partial charge in [0.15, 0.2) is 5.96 Å². The van der Waals surface area contributed by atoms with Gasteiger partial charge in [-0.05, 0) is 44.9 Å².